The Morgan fingerprint density at radius 3 is 2.54 bits per heavy atom. The van der Waals surface area contributed by atoms with Crippen LogP contribution in [0.5, 0.6) is 0 Å². The van der Waals surface area contributed by atoms with Crippen LogP contribution in [0.2, 0.25) is 0 Å². The van der Waals surface area contributed by atoms with Gasteiger partial charge in [0, 0.05) is 12.1 Å². The van der Waals surface area contributed by atoms with Gasteiger partial charge in [-0.05, 0) is 45.6 Å². The van der Waals surface area contributed by atoms with Crippen molar-refractivity contribution in [2.75, 3.05) is 5.32 Å². The average molecular weight is 387 g/mol. The molecule has 0 unspecified atom stereocenters. The molecule has 0 saturated carbocycles. The van der Waals surface area contributed by atoms with E-state index in [9.17, 15) is 4.79 Å². The summed E-state index contributed by atoms with van der Waals surface area (Å²) in [6.45, 7) is 7.24. The van der Waals surface area contributed by atoms with Crippen LogP contribution in [0.3, 0.4) is 0 Å². The van der Waals surface area contributed by atoms with Crippen LogP contribution in [-0.4, -0.2) is 20.9 Å². The maximum atomic E-state index is 12.3. The number of fused-ring (bicyclic) bond motifs is 1. The SMILES string of the molecule is CC(C)(C)Cn1nnc2c(Br)c(NC(=O)c3ccccc3)ccc21. The highest BCUT2D eigenvalue weighted by Crippen LogP contribution is 2.31. The summed E-state index contributed by atoms with van der Waals surface area (Å²) >= 11 is 3.55. The summed E-state index contributed by atoms with van der Waals surface area (Å²) in [6, 6.07) is 12.9. The van der Waals surface area contributed by atoms with Crippen LogP contribution in [0.4, 0.5) is 5.69 Å². The topological polar surface area (TPSA) is 59.8 Å². The lowest BCUT2D eigenvalue weighted by Gasteiger charge is -2.18. The van der Waals surface area contributed by atoms with E-state index in [1.54, 1.807) is 12.1 Å². The molecular formula is C18H19BrN4O. The molecule has 0 radical (unpaired) electrons. The number of carbonyl (C=O) groups excluding carboxylic acids is 1. The largest absolute Gasteiger partial charge is 0.321 e. The summed E-state index contributed by atoms with van der Waals surface area (Å²) in [5.74, 6) is -0.155. The van der Waals surface area contributed by atoms with E-state index in [4.69, 9.17) is 0 Å². The minimum absolute atomic E-state index is 0.104. The minimum Gasteiger partial charge on any atom is -0.321 e. The van der Waals surface area contributed by atoms with Gasteiger partial charge >= 0.3 is 0 Å². The van der Waals surface area contributed by atoms with Crippen LogP contribution in [-0.2, 0) is 6.54 Å². The van der Waals surface area contributed by atoms with E-state index in [2.05, 4.69) is 52.3 Å². The molecular weight excluding hydrogens is 368 g/mol. The number of benzene rings is 2. The average Bonchev–Trinajstić information content (AvgIpc) is 2.92. The highest BCUT2D eigenvalue weighted by molar-refractivity contribution is 9.10. The fraction of sp³-hybridized carbons (Fsp3) is 0.278. The van der Waals surface area contributed by atoms with Crippen molar-refractivity contribution in [1.82, 2.24) is 15.0 Å². The fourth-order valence-corrected chi connectivity index (χ4v) is 2.97. The maximum absolute atomic E-state index is 12.3. The molecule has 5 nitrogen and oxygen atoms in total. The van der Waals surface area contributed by atoms with Crippen LogP contribution in [0.1, 0.15) is 31.1 Å². The maximum Gasteiger partial charge on any atom is 0.255 e. The monoisotopic (exact) mass is 386 g/mol. The fourth-order valence-electron chi connectivity index (χ4n) is 2.45. The molecule has 0 aliphatic carbocycles. The number of amides is 1. The van der Waals surface area contributed by atoms with Crippen LogP contribution in [0.25, 0.3) is 11.0 Å². The van der Waals surface area contributed by atoms with E-state index in [1.807, 2.05) is 35.0 Å². The standard InChI is InChI=1S/C18H19BrN4O/c1-18(2,3)11-23-14-10-9-13(15(19)16(14)21-22-23)20-17(24)12-7-5-4-6-8-12/h4-10H,11H2,1-3H3,(H,20,24). The van der Waals surface area contributed by atoms with E-state index in [0.29, 0.717) is 11.3 Å². The van der Waals surface area contributed by atoms with Crippen LogP contribution >= 0.6 is 15.9 Å². The lowest BCUT2D eigenvalue weighted by atomic mass is 9.97. The first-order valence-corrected chi connectivity index (χ1v) is 8.52. The number of anilines is 1. The van der Waals surface area contributed by atoms with Gasteiger partial charge in [0.15, 0.2) is 0 Å². The summed E-state index contributed by atoms with van der Waals surface area (Å²) in [5.41, 5.74) is 3.08. The molecule has 0 saturated heterocycles. The summed E-state index contributed by atoms with van der Waals surface area (Å²) in [5, 5.41) is 11.4. The Balaban J connectivity index is 1.91. The minimum atomic E-state index is -0.155. The molecule has 2 aromatic carbocycles. The van der Waals surface area contributed by atoms with Crippen LogP contribution in [0, 0.1) is 5.41 Å². The van der Waals surface area contributed by atoms with Gasteiger partial charge in [-0.25, -0.2) is 4.68 Å². The van der Waals surface area contributed by atoms with Crippen molar-refractivity contribution in [3.05, 3.63) is 52.5 Å². The van der Waals surface area contributed by atoms with Crippen LogP contribution < -0.4 is 5.32 Å². The molecule has 0 bridgehead atoms. The second kappa shape index (κ2) is 6.36. The van der Waals surface area contributed by atoms with Gasteiger partial charge in [0.1, 0.15) is 5.52 Å². The van der Waals surface area contributed by atoms with Gasteiger partial charge in [-0.1, -0.05) is 44.2 Å². The Morgan fingerprint density at radius 2 is 1.88 bits per heavy atom. The predicted octanol–water partition coefficient (Wildman–Crippen LogP) is 4.49. The van der Waals surface area contributed by atoms with Gasteiger partial charge in [-0.15, -0.1) is 5.10 Å². The van der Waals surface area contributed by atoms with Crippen molar-refractivity contribution in [2.24, 2.45) is 5.41 Å². The summed E-state index contributed by atoms with van der Waals surface area (Å²) < 4.78 is 2.63. The van der Waals surface area contributed by atoms with Crippen molar-refractivity contribution >= 4 is 38.6 Å². The number of carbonyl (C=O) groups is 1. The molecule has 124 valence electrons. The zero-order valence-electron chi connectivity index (χ0n) is 13.9. The first kappa shape index (κ1) is 16.6. The number of aromatic nitrogens is 3. The first-order chi connectivity index (χ1) is 11.3. The molecule has 1 heterocycles. The third kappa shape index (κ3) is 3.48. The third-order valence-corrected chi connectivity index (χ3v) is 4.34. The molecule has 0 spiro atoms. The van der Waals surface area contributed by atoms with Gasteiger partial charge < -0.3 is 5.32 Å². The van der Waals surface area contributed by atoms with Crippen molar-refractivity contribution in [2.45, 2.75) is 27.3 Å². The second-order valence-electron chi connectivity index (χ2n) is 6.92. The van der Waals surface area contributed by atoms with Crippen molar-refractivity contribution in [3.8, 4) is 0 Å². The lowest BCUT2D eigenvalue weighted by Crippen LogP contribution is -2.16. The van der Waals surface area contributed by atoms with Gasteiger partial charge in [0.2, 0.25) is 0 Å². The molecule has 0 fully saturated rings. The van der Waals surface area contributed by atoms with E-state index in [0.717, 1.165) is 22.1 Å². The van der Waals surface area contributed by atoms with Crippen molar-refractivity contribution < 1.29 is 4.79 Å². The van der Waals surface area contributed by atoms with Crippen molar-refractivity contribution in [3.63, 3.8) is 0 Å². The number of nitrogens with zero attached hydrogens (tertiary/aromatic N) is 3. The molecule has 3 aromatic rings. The van der Waals surface area contributed by atoms with Crippen molar-refractivity contribution in [1.29, 1.82) is 0 Å². The molecule has 24 heavy (non-hydrogen) atoms. The number of nitrogens with one attached hydrogen (secondary N) is 1. The normalized spacial score (nSPS) is 11.7. The Morgan fingerprint density at radius 1 is 1.17 bits per heavy atom. The summed E-state index contributed by atoms with van der Waals surface area (Å²) in [7, 11) is 0. The zero-order valence-corrected chi connectivity index (χ0v) is 15.5. The molecule has 1 amide bonds. The number of hydrogen-bond acceptors (Lipinski definition) is 3. The van der Waals surface area contributed by atoms with Gasteiger partial charge in [-0.2, -0.15) is 0 Å². The number of halogens is 1. The predicted molar refractivity (Wildman–Crippen MR) is 99.1 cm³/mol. The van der Waals surface area contributed by atoms with Crippen LogP contribution in [0.15, 0.2) is 46.9 Å². The quantitative estimate of drug-likeness (QED) is 0.720. The van der Waals surface area contributed by atoms with E-state index >= 15 is 0 Å². The Bertz CT molecular complexity index is 881. The van der Waals surface area contributed by atoms with Gasteiger partial charge in [0.25, 0.3) is 5.91 Å². The second-order valence-corrected chi connectivity index (χ2v) is 7.72. The summed E-state index contributed by atoms with van der Waals surface area (Å²) in [6.07, 6.45) is 0. The van der Waals surface area contributed by atoms with E-state index in [1.165, 1.54) is 0 Å². The summed E-state index contributed by atoms with van der Waals surface area (Å²) in [4.78, 5) is 12.3. The zero-order chi connectivity index (χ0) is 17.3. The number of hydrogen-bond donors (Lipinski definition) is 1. The Kier molecular flexibility index (Phi) is 4.41. The Labute approximate surface area is 149 Å². The van der Waals surface area contributed by atoms with Gasteiger partial charge in [0.05, 0.1) is 15.7 Å². The molecule has 0 aliphatic rings. The molecule has 1 N–H and O–H groups in total. The lowest BCUT2D eigenvalue weighted by molar-refractivity contribution is 0.102. The molecule has 0 atom stereocenters. The highest BCUT2D eigenvalue weighted by Gasteiger charge is 2.17. The van der Waals surface area contributed by atoms with E-state index in [-0.39, 0.29) is 11.3 Å². The third-order valence-electron chi connectivity index (χ3n) is 3.53. The molecule has 6 heteroatoms. The van der Waals surface area contributed by atoms with E-state index < -0.39 is 0 Å². The molecule has 1 aromatic heterocycles. The number of rotatable bonds is 3. The molecule has 3 rings (SSSR count). The van der Waals surface area contributed by atoms with Gasteiger partial charge in [-0.3, -0.25) is 4.79 Å². The highest BCUT2D eigenvalue weighted by atomic mass is 79.9. The molecule has 0 aliphatic heterocycles. The smallest absolute Gasteiger partial charge is 0.255 e. The Hall–Kier alpha value is -2.21. The first-order valence-electron chi connectivity index (χ1n) is 7.73.